The Kier molecular flexibility index (Phi) is 4.26. The zero-order chi connectivity index (χ0) is 13.8. The molecule has 1 aromatic rings. The van der Waals surface area contributed by atoms with Crippen LogP contribution in [0.3, 0.4) is 0 Å². The highest BCUT2D eigenvalue weighted by atomic mass is 16.6. The van der Waals surface area contributed by atoms with Crippen LogP contribution in [-0.4, -0.2) is 34.0 Å². The molecule has 1 heterocycles. The average molecular weight is 265 g/mol. The first kappa shape index (κ1) is 13.7. The first-order valence-electron chi connectivity index (χ1n) is 6.60. The molecule has 2 unspecified atom stereocenters. The van der Waals surface area contributed by atoms with Gasteiger partial charge in [0, 0.05) is 12.6 Å². The quantitative estimate of drug-likeness (QED) is 0.637. The number of rotatable bonds is 5. The topological polar surface area (TPSA) is 98.2 Å². The molecular weight excluding hydrogens is 246 g/mol. The summed E-state index contributed by atoms with van der Waals surface area (Å²) in [6.45, 7) is 3.48. The van der Waals surface area contributed by atoms with Crippen molar-refractivity contribution in [3.63, 3.8) is 0 Å². The average Bonchev–Trinajstić information content (AvgIpc) is 2.88. The Morgan fingerprint density at radius 3 is 2.68 bits per heavy atom. The van der Waals surface area contributed by atoms with Crippen LogP contribution in [0.15, 0.2) is 12.4 Å². The molecule has 1 aliphatic carbocycles. The van der Waals surface area contributed by atoms with Gasteiger partial charge in [-0.15, -0.1) is 0 Å². The van der Waals surface area contributed by atoms with Crippen LogP contribution in [0.4, 0.5) is 11.6 Å². The predicted octanol–water partition coefficient (Wildman–Crippen LogP) is 1.34. The third-order valence-corrected chi connectivity index (χ3v) is 3.76. The SMILES string of the molecule is CCN(c1ncc([N+](=O)[O-])cn1)C1CCCC1CN. The molecule has 2 atom stereocenters. The van der Waals surface area contributed by atoms with Gasteiger partial charge in [0.05, 0.1) is 4.92 Å². The molecule has 0 amide bonds. The van der Waals surface area contributed by atoms with E-state index < -0.39 is 4.92 Å². The van der Waals surface area contributed by atoms with Gasteiger partial charge in [0.25, 0.3) is 0 Å². The van der Waals surface area contributed by atoms with E-state index in [2.05, 4.69) is 14.9 Å². The Labute approximate surface area is 112 Å². The molecule has 0 aromatic carbocycles. The number of hydrogen-bond donors (Lipinski definition) is 1. The largest absolute Gasteiger partial charge is 0.338 e. The van der Waals surface area contributed by atoms with Gasteiger partial charge in [0.2, 0.25) is 5.95 Å². The minimum absolute atomic E-state index is 0.0819. The van der Waals surface area contributed by atoms with Crippen LogP contribution in [0.2, 0.25) is 0 Å². The number of nitrogens with zero attached hydrogens (tertiary/aromatic N) is 4. The van der Waals surface area contributed by atoms with Crippen molar-refractivity contribution in [2.24, 2.45) is 11.7 Å². The van der Waals surface area contributed by atoms with Crippen LogP contribution < -0.4 is 10.6 Å². The van der Waals surface area contributed by atoms with Gasteiger partial charge in [0.1, 0.15) is 12.4 Å². The summed E-state index contributed by atoms with van der Waals surface area (Å²) in [5.41, 5.74) is 5.72. The van der Waals surface area contributed by atoms with Gasteiger partial charge >= 0.3 is 5.69 Å². The summed E-state index contributed by atoms with van der Waals surface area (Å²) in [6.07, 6.45) is 5.89. The maximum absolute atomic E-state index is 10.6. The number of nitro groups is 1. The zero-order valence-electron chi connectivity index (χ0n) is 11.0. The van der Waals surface area contributed by atoms with Crippen LogP contribution in [0.5, 0.6) is 0 Å². The van der Waals surface area contributed by atoms with E-state index in [1.807, 2.05) is 6.92 Å². The maximum Gasteiger partial charge on any atom is 0.305 e. The van der Waals surface area contributed by atoms with E-state index in [-0.39, 0.29) is 5.69 Å². The summed E-state index contributed by atoms with van der Waals surface area (Å²) in [4.78, 5) is 20.5. The van der Waals surface area contributed by atoms with E-state index in [4.69, 9.17) is 5.73 Å². The van der Waals surface area contributed by atoms with Crippen molar-refractivity contribution < 1.29 is 4.92 Å². The molecule has 7 nitrogen and oxygen atoms in total. The Bertz CT molecular complexity index is 436. The lowest BCUT2D eigenvalue weighted by molar-refractivity contribution is -0.385. The third-order valence-electron chi connectivity index (χ3n) is 3.76. The molecule has 2 rings (SSSR count). The van der Waals surface area contributed by atoms with Crippen LogP contribution in [0, 0.1) is 16.0 Å². The van der Waals surface area contributed by atoms with Crippen LogP contribution in [0.25, 0.3) is 0 Å². The van der Waals surface area contributed by atoms with Gasteiger partial charge in [-0.2, -0.15) is 0 Å². The molecular formula is C12H19N5O2. The normalized spacial score (nSPS) is 22.4. The second-order valence-corrected chi connectivity index (χ2v) is 4.78. The fraction of sp³-hybridized carbons (Fsp3) is 0.667. The highest BCUT2D eigenvalue weighted by Crippen LogP contribution is 2.31. The molecule has 1 aromatic heterocycles. The standard InChI is InChI=1S/C12H19N5O2/c1-2-16(11-5-3-4-9(11)6-13)12-14-7-10(8-15-12)17(18)19/h7-9,11H,2-6,13H2,1H3. The fourth-order valence-electron chi connectivity index (χ4n) is 2.78. The number of anilines is 1. The van der Waals surface area contributed by atoms with Gasteiger partial charge in [-0.25, -0.2) is 9.97 Å². The van der Waals surface area contributed by atoms with Gasteiger partial charge in [-0.05, 0) is 32.2 Å². The molecule has 0 radical (unpaired) electrons. The molecule has 7 heteroatoms. The Balaban J connectivity index is 2.19. The van der Waals surface area contributed by atoms with Crippen molar-refractivity contribution in [1.82, 2.24) is 9.97 Å². The van der Waals surface area contributed by atoms with E-state index in [1.165, 1.54) is 12.4 Å². The summed E-state index contributed by atoms with van der Waals surface area (Å²) in [5.74, 6) is 1.01. The fourth-order valence-corrected chi connectivity index (χ4v) is 2.78. The predicted molar refractivity (Wildman–Crippen MR) is 71.9 cm³/mol. The molecule has 104 valence electrons. The molecule has 0 spiro atoms. The summed E-state index contributed by atoms with van der Waals surface area (Å²) >= 11 is 0. The minimum atomic E-state index is -0.488. The molecule has 1 saturated carbocycles. The van der Waals surface area contributed by atoms with E-state index >= 15 is 0 Å². The summed E-state index contributed by atoms with van der Waals surface area (Å²) in [5, 5.41) is 10.6. The molecule has 1 fully saturated rings. The van der Waals surface area contributed by atoms with E-state index in [1.54, 1.807) is 0 Å². The smallest absolute Gasteiger partial charge is 0.305 e. The van der Waals surface area contributed by atoms with Crippen molar-refractivity contribution in [1.29, 1.82) is 0 Å². The number of hydrogen-bond acceptors (Lipinski definition) is 6. The maximum atomic E-state index is 10.6. The van der Waals surface area contributed by atoms with E-state index in [0.29, 0.717) is 24.5 Å². The van der Waals surface area contributed by atoms with Crippen molar-refractivity contribution in [3.8, 4) is 0 Å². The summed E-state index contributed by atoms with van der Waals surface area (Å²) < 4.78 is 0. The molecule has 19 heavy (non-hydrogen) atoms. The highest BCUT2D eigenvalue weighted by molar-refractivity contribution is 5.35. The monoisotopic (exact) mass is 265 g/mol. The van der Waals surface area contributed by atoms with Gasteiger partial charge in [0.15, 0.2) is 0 Å². The van der Waals surface area contributed by atoms with Crippen molar-refractivity contribution in [2.45, 2.75) is 32.2 Å². The van der Waals surface area contributed by atoms with Crippen molar-refractivity contribution in [2.75, 3.05) is 18.0 Å². The Hall–Kier alpha value is -1.76. The Morgan fingerprint density at radius 1 is 1.47 bits per heavy atom. The van der Waals surface area contributed by atoms with Crippen molar-refractivity contribution >= 4 is 11.6 Å². The molecule has 0 aliphatic heterocycles. The molecule has 0 saturated heterocycles. The van der Waals surface area contributed by atoms with Gasteiger partial charge in [-0.3, -0.25) is 10.1 Å². The molecule has 2 N–H and O–H groups in total. The Morgan fingerprint density at radius 2 is 2.16 bits per heavy atom. The molecule has 0 bridgehead atoms. The van der Waals surface area contributed by atoms with Crippen LogP contribution in [0.1, 0.15) is 26.2 Å². The van der Waals surface area contributed by atoms with Gasteiger partial charge < -0.3 is 10.6 Å². The second kappa shape index (κ2) is 5.92. The molecule has 1 aliphatic rings. The first-order valence-corrected chi connectivity index (χ1v) is 6.60. The lowest BCUT2D eigenvalue weighted by Crippen LogP contribution is -2.41. The van der Waals surface area contributed by atoms with E-state index in [9.17, 15) is 10.1 Å². The lowest BCUT2D eigenvalue weighted by atomic mass is 10.0. The first-order chi connectivity index (χ1) is 9.17. The lowest BCUT2D eigenvalue weighted by Gasteiger charge is -2.31. The minimum Gasteiger partial charge on any atom is -0.338 e. The number of nitrogens with two attached hydrogens (primary N) is 1. The highest BCUT2D eigenvalue weighted by Gasteiger charge is 2.31. The van der Waals surface area contributed by atoms with Crippen molar-refractivity contribution in [3.05, 3.63) is 22.5 Å². The third kappa shape index (κ3) is 2.81. The summed E-state index contributed by atoms with van der Waals surface area (Å²) in [6, 6.07) is 0.344. The summed E-state index contributed by atoms with van der Waals surface area (Å²) in [7, 11) is 0. The van der Waals surface area contributed by atoms with E-state index in [0.717, 1.165) is 25.8 Å². The van der Waals surface area contributed by atoms with Gasteiger partial charge in [-0.1, -0.05) is 6.42 Å². The van der Waals surface area contributed by atoms with Crippen LogP contribution in [-0.2, 0) is 0 Å². The van der Waals surface area contributed by atoms with Crippen LogP contribution >= 0.6 is 0 Å². The zero-order valence-corrected chi connectivity index (χ0v) is 11.0. The number of aromatic nitrogens is 2. The second-order valence-electron chi connectivity index (χ2n) is 4.78.